The summed E-state index contributed by atoms with van der Waals surface area (Å²) >= 11 is 0. The Morgan fingerprint density at radius 1 is 1.03 bits per heavy atom. The standard InChI is InChI=1S/C24H22N2O4/c1-2-16-7-5-10-18-20(14-26-23(16)18)22(27)15-30-24(28)19-9-3-4-11-21(19)25-13-17-8-6-12-29-17/h3-12,14,25-26H,2,13,15H2,1H3. The molecule has 0 aliphatic rings. The molecule has 152 valence electrons. The fourth-order valence-corrected chi connectivity index (χ4v) is 3.44. The van der Waals surface area contributed by atoms with Gasteiger partial charge in [-0.05, 0) is 36.2 Å². The van der Waals surface area contributed by atoms with Gasteiger partial charge in [0, 0.05) is 28.4 Å². The Morgan fingerprint density at radius 3 is 2.70 bits per heavy atom. The number of aryl methyl sites for hydroxylation is 1. The summed E-state index contributed by atoms with van der Waals surface area (Å²) in [6.45, 7) is 2.18. The Balaban J connectivity index is 1.44. The number of carbonyl (C=O) groups is 2. The summed E-state index contributed by atoms with van der Waals surface area (Å²) in [4.78, 5) is 28.5. The number of rotatable bonds is 8. The van der Waals surface area contributed by atoms with Crippen LogP contribution in [0.25, 0.3) is 10.9 Å². The first kappa shape index (κ1) is 19.5. The first-order valence-electron chi connectivity index (χ1n) is 9.82. The van der Waals surface area contributed by atoms with E-state index in [9.17, 15) is 9.59 Å². The van der Waals surface area contributed by atoms with Crippen molar-refractivity contribution in [1.82, 2.24) is 4.98 Å². The molecule has 0 fully saturated rings. The number of carbonyl (C=O) groups excluding carboxylic acids is 2. The molecule has 4 rings (SSSR count). The number of nitrogens with one attached hydrogen (secondary N) is 2. The molecule has 2 aromatic heterocycles. The van der Waals surface area contributed by atoms with Crippen LogP contribution >= 0.6 is 0 Å². The Labute approximate surface area is 173 Å². The van der Waals surface area contributed by atoms with E-state index in [1.165, 1.54) is 0 Å². The molecule has 0 saturated carbocycles. The number of hydrogen-bond acceptors (Lipinski definition) is 5. The summed E-state index contributed by atoms with van der Waals surface area (Å²) < 4.78 is 10.6. The van der Waals surface area contributed by atoms with Gasteiger partial charge in [-0.3, -0.25) is 4.79 Å². The van der Waals surface area contributed by atoms with Crippen LogP contribution in [0.15, 0.2) is 71.5 Å². The van der Waals surface area contributed by atoms with E-state index in [1.807, 2.05) is 30.3 Å². The van der Waals surface area contributed by atoms with Crippen molar-refractivity contribution in [3.8, 4) is 0 Å². The number of aromatic amines is 1. The molecule has 0 atom stereocenters. The molecule has 30 heavy (non-hydrogen) atoms. The molecule has 6 nitrogen and oxygen atoms in total. The molecule has 0 spiro atoms. The zero-order chi connectivity index (χ0) is 20.9. The van der Waals surface area contributed by atoms with E-state index in [4.69, 9.17) is 9.15 Å². The van der Waals surface area contributed by atoms with E-state index in [-0.39, 0.29) is 12.4 Å². The van der Waals surface area contributed by atoms with Gasteiger partial charge < -0.3 is 19.5 Å². The second-order valence-electron chi connectivity index (χ2n) is 6.87. The van der Waals surface area contributed by atoms with Gasteiger partial charge in [0.05, 0.1) is 18.4 Å². The predicted molar refractivity (Wildman–Crippen MR) is 115 cm³/mol. The normalized spacial score (nSPS) is 10.8. The van der Waals surface area contributed by atoms with Gasteiger partial charge in [-0.1, -0.05) is 37.3 Å². The number of ether oxygens (including phenoxy) is 1. The van der Waals surface area contributed by atoms with Gasteiger partial charge in [0.15, 0.2) is 6.61 Å². The van der Waals surface area contributed by atoms with E-state index >= 15 is 0 Å². The van der Waals surface area contributed by atoms with Crippen molar-refractivity contribution in [3.05, 3.63) is 89.5 Å². The maximum absolute atomic E-state index is 12.7. The third-order valence-corrected chi connectivity index (χ3v) is 5.00. The zero-order valence-electron chi connectivity index (χ0n) is 16.6. The van der Waals surface area contributed by atoms with Crippen LogP contribution < -0.4 is 5.32 Å². The van der Waals surface area contributed by atoms with Crippen LogP contribution in [0.2, 0.25) is 0 Å². The van der Waals surface area contributed by atoms with Gasteiger partial charge in [0.25, 0.3) is 0 Å². The molecule has 2 aromatic carbocycles. The summed E-state index contributed by atoms with van der Waals surface area (Å²) in [6, 6.07) is 16.5. The van der Waals surface area contributed by atoms with E-state index in [1.54, 1.807) is 36.7 Å². The third kappa shape index (κ3) is 3.98. The predicted octanol–water partition coefficient (Wildman–Crippen LogP) is 4.98. The van der Waals surface area contributed by atoms with E-state index < -0.39 is 5.97 Å². The number of esters is 1. The van der Waals surface area contributed by atoms with Crippen molar-refractivity contribution < 1.29 is 18.7 Å². The number of hydrogen-bond donors (Lipinski definition) is 2. The van der Waals surface area contributed by atoms with Gasteiger partial charge >= 0.3 is 5.97 Å². The molecule has 6 heteroatoms. The topological polar surface area (TPSA) is 84.3 Å². The van der Waals surface area contributed by atoms with Crippen LogP contribution in [0.3, 0.4) is 0 Å². The lowest BCUT2D eigenvalue weighted by Crippen LogP contribution is -2.15. The van der Waals surface area contributed by atoms with Crippen molar-refractivity contribution in [2.45, 2.75) is 19.9 Å². The minimum atomic E-state index is -0.556. The first-order chi connectivity index (χ1) is 14.7. The lowest BCUT2D eigenvalue weighted by molar-refractivity contribution is 0.0476. The quantitative estimate of drug-likeness (QED) is 0.321. The van der Waals surface area contributed by atoms with E-state index in [0.29, 0.717) is 23.4 Å². The molecule has 2 N–H and O–H groups in total. The molecular formula is C24H22N2O4. The Kier molecular flexibility index (Phi) is 5.66. The molecule has 0 amide bonds. The van der Waals surface area contributed by atoms with Crippen LogP contribution in [-0.2, 0) is 17.7 Å². The summed E-state index contributed by atoms with van der Waals surface area (Å²) in [5.41, 5.74) is 3.59. The lowest BCUT2D eigenvalue weighted by Gasteiger charge is -2.10. The Morgan fingerprint density at radius 2 is 1.90 bits per heavy atom. The van der Waals surface area contributed by atoms with Crippen molar-refractivity contribution in [2.75, 3.05) is 11.9 Å². The smallest absolute Gasteiger partial charge is 0.340 e. The zero-order valence-corrected chi connectivity index (χ0v) is 16.6. The SMILES string of the molecule is CCc1cccc2c(C(=O)COC(=O)c3ccccc3NCc3ccco3)c[nH]c12. The van der Waals surface area contributed by atoms with Gasteiger partial charge in [0.1, 0.15) is 5.76 Å². The van der Waals surface area contributed by atoms with Gasteiger partial charge in [-0.25, -0.2) is 4.79 Å². The van der Waals surface area contributed by atoms with Crippen LogP contribution in [0.5, 0.6) is 0 Å². The Bertz CT molecular complexity index is 1180. The molecule has 4 aromatic rings. The van der Waals surface area contributed by atoms with Crippen LogP contribution in [0.4, 0.5) is 5.69 Å². The number of ketones is 1. The molecule has 0 unspecified atom stereocenters. The van der Waals surface area contributed by atoms with Gasteiger partial charge in [0.2, 0.25) is 5.78 Å². The number of anilines is 1. The van der Waals surface area contributed by atoms with Crippen LogP contribution in [0.1, 0.15) is 39.0 Å². The number of para-hydroxylation sites is 2. The molecule has 2 heterocycles. The highest BCUT2D eigenvalue weighted by Gasteiger charge is 2.18. The molecule has 0 aliphatic carbocycles. The first-order valence-corrected chi connectivity index (χ1v) is 9.82. The molecule has 0 saturated heterocycles. The fourth-order valence-electron chi connectivity index (χ4n) is 3.44. The van der Waals surface area contributed by atoms with Crippen molar-refractivity contribution in [3.63, 3.8) is 0 Å². The van der Waals surface area contributed by atoms with Crippen molar-refractivity contribution in [2.24, 2.45) is 0 Å². The van der Waals surface area contributed by atoms with Crippen molar-refractivity contribution >= 4 is 28.3 Å². The maximum Gasteiger partial charge on any atom is 0.340 e. The number of fused-ring (bicyclic) bond motifs is 1. The average Bonchev–Trinajstić information content (AvgIpc) is 3.45. The van der Waals surface area contributed by atoms with Crippen LogP contribution in [0, 0.1) is 0 Å². The lowest BCUT2D eigenvalue weighted by atomic mass is 10.1. The molecular weight excluding hydrogens is 380 g/mol. The second-order valence-corrected chi connectivity index (χ2v) is 6.87. The summed E-state index contributed by atoms with van der Waals surface area (Å²) in [7, 11) is 0. The fraction of sp³-hybridized carbons (Fsp3) is 0.167. The number of H-pyrrole nitrogens is 1. The highest BCUT2D eigenvalue weighted by Crippen LogP contribution is 2.23. The van der Waals surface area contributed by atoms with E-state index in [0.717, 1.165) is 28.6 Å². The van der Waals surface area contributed by atoms with Crippen LogP contribution in [-0.4, -0.2) is 23.3 Å². The summed E-state index contributed by atoms with van der Waals surface area (Å²) in [5.74, 6) is -0.0528. The van der Waals surface area contributed by atoms with Gasteiger partial charge in [-0.15, -0.1) is 0 Å². The van der Waals surface area contributed by atoms with E-state index in [2.05, 4.69) is 17.2 Å². The number of furan rings is 1. The maximum atomic E-state index is 12.7. The minimum absolute atomic E-state index is 0.246. The second kappa shape index (κ2) is 8.69. The molecule has 0 aliphatic heterocycles. The number of benzene rings is 2. The third-order valence-electron chi connectivity index (χ3n) is 5.00. The van der Waals surface area contributed by atoms with Gasteiger partial charge in [-0.2, -0.15) is 0 Å². The minimum Gasteiger partial charge on any atom is -0.467 e. The highest BCUT2D eigenvalue weighted by atomic mass is 16.5. The molecule has 0 bridgehead atoms. The van der Waals surface area contributed by atoms with Crippen molar-refractivity contribution in [1.29, 1.82) is 0 Å². The monoisotopic (exact) mass is 402 g/mol. The number of aromatic nitrogens is 1. The highest BCUT2D eigenvalue weighted by molar-refractivity contribution is 6.10. The Hall–Kier alpha value is -3.80. The summed E-state index contributed by atoms with van der Waals surface area (Å²) in [5, 5.41) is 4.01. The molecule has 0 radical (unpaired) electrons. The average molecular weight is 402 g/mol. The summed E-state index contributed by atoms with van der Waals surface area (Å²) in [6.07, 6.45) is 4.14. The number of Topliss-reactive ketones (excluding diaryl/α,β-unsaturated/α-hetero) is 1. The largest absolute Gasteiger partial charge is 0.467 e.